The summed E-state index contributed by atoms with van der Waals surface area (Å²) >= 11 is 6.08. The summed E-state index contributed by atoms with van der Waals surface area (Å²) in [5.41, 5.74) is 10.1. The van der Waals surface area contributed by atoms with Crippen LogP contribution < -0.4 is 20.6 Å². The van der Waals surface area contributed by atoms with Crippen LogP contribution in [0.25, 0.3) is 5.82 Å². The number of nitrogens with two attached hydrogens (primary N) is 1. The van der Waals surface area contributed by atoms with Crippen LogP contribution in [0.5, 0.6) is 11.5 Å². The topological polar surface area (TPSA) is 159 Å². The van der Waals surface area contributed by atoms with Gasteiger partial charge >= 0.3 is 0 Å². The monoisotopic (exact) mass is 569 g/mol. The van der Waals surface area contributed by atoms with E-state index < -0.39 is 11.7 Å². The molecule has 0 saturated carbocycles. The van der Waals surface area contributed by atoms with Gasteiger partial charge in [0.25, 0.3) is 5.91 Å². The van der Waals surface area contributed by atoms with Crippen LogP contribution in [0.3, 0.4) is 0 Å². The number of halogens is 2. The Kier molecular flexibility index (Phi) is 8.17. The number of benzene rings is 2. The Morgan fingerprint density at radius 3 is 2.77 bits per heavy atom. The van der Waals surface area contributed by atoms with E-state index in [0.29, 0.717) is 34.9 Å². The summed E-state index contributed by atoms with van der Waals surface area (Å²) in [7, 11) is 1.50. The molecule has 1 amide bonds. The molecule has 3 N–H and O–H groups in total. The lowest BCUT2D eigenvalue weighted by atomic mass is 10.2. The summed E-state index contributed by atoms with van der Waals surface area (Å²) in [4.78, 5) is 15.4. The molecule has 0 unspecified atom stereocenters. The lowest BCUT2D eigenvalue weighted by Crippen LogP contribution is -2.26. The molecule has 15 heteroatoms. The maximum atomic E-state index is 13.3. The molecular weight excluding hydrogens is 545 g/mol. The minimum absolute atomic E-state index is 0.0359. The van der Waals surface area contributed by atoms with E-state index in [4.69, 9.17) is 26.8 Å². The van der Waals surface area contributed by atoms with Crippen molar-refractivity contribution in [2.45, 2.75) is 26.0 Å². The highest BCUT2D eigenvalue weighted by atomic mass is 35.5. The van der Waals surface area contributed by atoms with E-state index in [1.165, 1.54) is 30.1 Å². The van der Waals surface area contributed by atoms with Crippen molar-refractivity contribution >= 4 is 29.5 Å². The summed E-state index contributed by atoms with van der Waals surface area (Å²) in [5.74, 6) is -0.101. The van der Waals surface area contributed by atoms with Gasteiger partial charge in [0.2, 0.25) is 11.6 Å². The van der Waals surface area contributed by atoms with Gasteiger partial charge in [-0.25, -0.2) is 14.4 Å². The molecule has 5 rings (SSSR count). The number of carbonyl (C=O) groups excluding carboxylic acids is 1. The third-order valence-corrected chi connectivity index (χ3v) is 6.54. The number of carbonyl (C=O) groups is 1. The van der Waals surface area contributed by atoms with Crippen molar-refractivity contribution in [3.05, 3.63) is 69.8 Å². The van der Waals surface area contributed by atoms with Crippen LogP contribution in [-0.4, -0.2) is 62.5 Å². The van der Waals surface area contributed by atoms with Crippen LogP contribution in [0.15, 0.2) is 46.1 Å². The third-order valence-electron chi connectivity index (χ3n) is 6.19. The van der Waals surface area contributed by atoms with Crippen LogP contribution in [0.4, 0.5) is 10.2 Å². The molecule has 4 aromatic rings. The standard InChI is InChI=1S/C25H25ClFN9O4/c1-38-21-10-15(4-7-20(21)39-14-16-5-6-17(27)11-18(16)26)12-29-31-25(37)22-19(13-35-8-2-3-9-35)30-34-36(22)24-23(28)32-40-33-24/h4-7,10-12H,2-3,8-9,13-14H2,1H3,(H2,28,32)(H,31,37)/b29-12+. The zero-order valence-corrected chi connectivity index (χ0v) is 22.1. The van der Waals surface area contributed by atoms with Crippen molar-refractivity contribution in [1.29, 1.82) is 0 Å². The molecule has 3 heterocycles. The van der Waals surface area contributed by atoms with E-state index in [-0.39, 0.29) is 29.0 Å². The van der Waals surface area contributed by atoms with Gasteiger partial charge in [0.1, 0.15) is 18.1 Å². The Labute approximate surface area is 232 Å². The van der Waals surface area contributed by atoms with E-state index in [2.05, 4.69) is 40.7 Å². The molecule has 1 aliphatic heterocycles. The Balaban J connectivity index is 1.29. The molecule has 2 aromatic carbocycles. The first-order valence-corrected chi connectivity index (χ1v) is 12.6. The lowest BCUT2D eigenvalue weighted by molar-refractivity contribution is 0.0945. The summed E-state index contributed by atoms with van der Waals surface area (Å²) < 4.78 is 30.4. The van der Waals surface area contributed by atoms with Crippen molar-refractivity contribution in [2.75, 3.05) is 25.9 Å². The van der Waals surface area contributed by atoms with E-state index in [9.17, 15) is 9.18 Å². The number of likely N-dealkylation sites (tertiary alicyclic amines) is 1. The Hall–Kier alpha value is -4.56. The Morgan fingerprint density at radius 1 is 1.23 bits per heavy atom. The second-order valence-electron chi connectivity index (χ2n) is 8.89. The van der Waals surface area contributed by atoms with Crippen molar-refractivity contribution in [3.8, 4) is 17.3 Å². The summed E-state index contributed by atoms with van der Waals surface area (Å²) in [6, 6.07) is 9.19. The molecule has 0 spiro atoms. The van der Waals surface area contributed by atoms with Gasteiger partial charge < -0.3 is 15.2 Å². The van der Waals surface area contributed by atoms with Crippen molar-refractivity contribution in [3.63, 3.8) is 0 Å². The molecule has 1 aliphatic rings. The Bertz CT molecular complexity index is 1530. The number of nitrogen functional groups attached to an aromatic ring is 1. The second-order valence-corrected chi connectivity index (χ2v) is 9.29. The van der Waals surface area contributed by atoms with E-state index in [1.807, 2.05) is 0 Å². The molecule has 13 nitrogen and oxygen atoms in total. The fourth-order valence-electron chi connectivity index (χ4n) is 4.18. The number of nitrogens with one attached hydrogen (secondary N) is 1. The largest absolute Gasteiger partial charge is 0.493 e. The molecule has 208 valence electrons. The fourth-order valence-corrected chi connectivity index (χ4v) is 4.40. The second kappa shape index (κ2) is 12.1. The molecule has 1 fully saturated rings. The van der Waals surface area contributed by atoms with Gasteiger partial charge in [-0.1, -0.05) is 22.9 Å². The van der Waals surface area contributed by atoms with E-state index in [0.717, 1.165) is 25.9 Å². The minimum atomic E-state index is -0.569. The fraction of sp³-hybridized carbons (Fsp3) is 0.280. The van der Waals surface area contributed by atoms with E-state index >= 15 is 0 Å². The molecule has 0 bridgehead atoms. The van der Waals surface area contributed by atoms with Crippen LogP contribution >= 0.6 is 11.6 Å². The minimum Gasteiger partial charge on any atom is -0.493 e. The maximum absolute atomic E-state index is 13.3. The number of hydrazone groups is 1. The number of anilines is 1. The van der Waals surface area contributed by atoms with Crippen molar-refractivity contribution in [1.82, 2.24) is 35.6 Å². The van der Waals surface area contributed by atoms with Gasteiger partial charge in [-0.15, -0.1) is 5.10 Å². The van der Waals surface area contributed by atoms with Gasteiger partial charge in [0.15, 0.2) is 17.2 Å². The highest BCUT2D eigenvalue weighted by Crippen LogP contribution is 2.29. The number of hydrogen-bond donors (Lipinski definition) is 2. The van der Waals surface area contributed by atoms with Gasteiger partial charge in [0, 0.05) is 12.1 Å². The SMILES string of the molecule is COc1cc(/C=N/NC(=O)c2c(CN3CCCC3)nnn2-c2nonc2N)ccc1OCc1ccc(F)cc1Cl. The summed E-state index contributed by atoms with van der Waals surface area (Å²) in [6.07, 6.45) is 3.60. The first-order chi connectivity index (χ1) is 19.4. The number of hydrogen-bond acceptors (Lipinski definition) is 11. The van der Waals surface area contributed by atoms with Crippen molar-refractivity contribution in [2.24, 2.45) is 5.10 Å². The van der Waals surface area contributed by atoms with Crippen LogP contribution in [0.1, 0.15) is 40.2 Å². The first kappa shape index (κ1) is 27.0. The van der Waals surface area contributed by atoms with E-state index in [1.54, 1.807) is 24.3 Å². The molecule has 1 saturated heterocycles. The average Bonchev–Trinajstić information content (AvgIpc) is 3.70. The lowest BCUT2D eigenvalue weighted by Gasteiger charge is -2.13. The van der Waals surface area contributed by atoms with Crippen LogP contribution in [-0.2, 0) is 13.2 Å². The predicted molar refractivity (Wildman–Crippen MR) is 142 cm³/mol. The molecule has 0 radical (unpaired) electrons. The molecule has 0 aliphatic carbocycles. The van der Waals surface area contributed by atoms with Gasteiger partial charge in [-0.2, -0.15) is 9.78 Å². The molecule has 40 heavy (non-hydrogen) atoms. The smallest absolute Gasteiger partial charge is 0.292 e. The third kappa shape index (κ3) is 6.02. The van der Waals surface area contributed by atoms with Gasteiger partial charge in [-0.05, 0) is 72.1 Å². The maximum Gasteiger partial charge on any atom is 0.292 e. The molecule has 2 aromatic heterocycles. The number of aromatic nitrogens is 5. The van der Waals surface area contributed by atoms with Crippen molar-refractivity contribution < 1.29 is 23.3 Å². The Morgan fingerprint density at radius 2 is 2.05 bits per heavy atom. The number of methoxy groups -OCH3 is 1. The number of nitrogens with zero attached hydrogens (tertiary/aromatic N) is 7. The number of amides is 1. The van der Waals surface area contributed by atoms with Crippen LogP contribution in [0, 0.1) is 5.82 Å². The molecular formula is C25H25ClFN9O4. The van der Waals surface area contributed by atoms with Gasteiger partial charge in [0.05, 0.1) is 18.3 Å². The van der Waals surface area contributed by atoms with Gasteiger partial charge in [-0.3, -0.25) is 9.69 Å². The first-order valence-electron chi connectivity index (χ1n) is 12.3. The zero-order valence-electron chi connectivity index (χ0n) is 21.4. The summed E-state index contributed by atoms with van der Waals surface area (Å²) in [6.45, 7) is 2.35. The predicted octanol–water partition coefficient (Wildman–Crippen LogP) is 2.97. The highest BCUT2D eigenvalue weighted by Gasteiger charge is 2.27. The average molecular weight is 570 g/mol. The molecule has 0 atom stereocenters. The normalized spacial score (nSPS) is 13.7. The number of rotatable bonds is 10. The van der Waals surface area contributed by atoms with Crippen LogP contribution in [0.2, 0.25) is 5.02 Å². The quantitative estimate of drug-likeness (QED) is 0.215. The zero-order chi connectivity index (χ0) is 28.1. The number of ether oxygens (including phenoxy) is 2. The summed E-state index contributed by atoms with van der Waals surface area (Å²) in [5, 5.41) is 19.9. The highest BCUT2D eigenvalue weighted by molar-refractivity contribution is 6.31.